The van der Waals surface area contributed by atoms with Gasteiger partial charge in [-0.25, -0.2) is 8.42 Å². The maximum Gasteiger partial charge on any atom is 0.451 e. The van der Waals surface area contributed by atoms with Crippen LogP contribution in [-0.2, 0) is 21.2 Å². The summed E-state index contributed by atoms with van der Waals surface area (Å²) in [6, 6.07) is 17.9. The number of hydrogen-bond donors (Lipinski definition) is 1. The Bertz CT molecular complexity index is 1250. The minimum atomic E-state index is -5.21. The number of ketones is 1. The predicted octanol–water partition coefficient (Wildman–Crippen LogP) is 5.89. The monoisotopic (exact) mass is 539 g/mol. The van der Waals surface area contributed by atoms with Gasteiger partial charge in [-0.2, -0.15) is 28.1 Å². The standard InChI is InChI=1S/C22H17BrF3N3O3S/c23-16-9-11-17(12-10-16)27-28-18-7-4-8-19(14-18)33(31,32)29-20(21(30)22(24,25)26)13-15-5-2-1-3-6-15/h1-12,14,20,29H,13H2. The smallest absolute Gasteiger partial charge is 0.288 e. The normalized spacial score (nSPS) is 13.2. The van der Waals surface area contributed by atoms with E-state index in [-0.39, 0.29) is 10.6 Å². The number of alkyl halides is 3. The number of nitrogens with one attached hydrogen (secondary N) is 1. The molecule has 33 heavy (non-hydrogen) atoms. The zero-order valence-electron chi connectivity index (χ0n) is 16.8. The van der Waals surface area contributed by atoms with Gasteiger partial charge in [0.1, 0.15) is 0 Å². The Morgan fingerprint density at radius 1 is 0.909 bits per heavy atom. The first-order valence-electron chi connectivity index (χ1n) is 9.49. The van der Waals surface area contributed by atoms with Gasteiger partial charge in [-0.05, 0) is 54.4 Å². The summed E-state index contributed by atoms with van der Waals surface area (Å²) < 4.78 is 67.7. The first-order chi connectivity index (χ1) is 15.5. The highest BCUT2D eigenvalue weighted by Gasteiger charge is 2.44. The highest BCUT2D eigenvalue weighted by Crippen LogP contribution is 2.24. The van der Waals surface area contributed by atoms with Crippen molar-refractivity contribution in [1.82, 2.24) is 4.72 Å². The van der Waals surface area contributed by atoms with E-state index in [2.05, 4.69) is 26.2 Å². The largest absolute Gasteiger partial charge is 0.451 e. The molecule has 0 aliphatic rings. The van der Waals surface area contributed by atoms with E-state index in [1.54, 1.807) is 42.5 Å². The molecule has 3 rings (SSSR count). The van der Waals surface area contributed by atoms with E-state index < -0.39 is 34.4 Å². The minimum absolute atomic E-state index is 0.169. The third kappa shape index (κ3) is 7.04. The van der Waals surface area contributed by atoms with Gasteiger partial charge in [0.15, 0.2) is 0 Å². The van der Waals surface area contributed by atoms with E-state index in [9.17, 15) is 26.4 Å². The number of nitrogens with zero attached hydrogens (tertiary/aromatic N) is 2. The van der Waals surface area contributed by atoms with E-state index in [0.717, 1.165) is 10.5 Å². The van der Waals surface area contributed by atoms with Crippen LogP contribution in [0.1, 0.15) is 5.56 Å². The Balaban J connectivity index is 1.85. The maximum atomic E-state index is 13.1. The Morgan fingerprint density at radius 2 is 1.55 bits per heavy atom. The van der Waals surface area contributed by atoms with Crippen LogP contribution in [0.5, 0.6) is 0 Å². The van der Waals surface area contributed by atoms with Crippen molar-refractivity contribution in [2.45, 2.75) is 23.5 Å². The molecule has 0 bridgehead atoms. The van der Waals surface area contributed by atoms with Gasteiger partial charge in [0.25, 0.3) is 5.78 Å². The molecule has 3 aromatic carbocycles. The number of rotatable bonds is 8. The number of hydrogen-bond acceptors (Lipinski definition) is 5. The number of sulfonamides is 1. The van der Waals surface area contributed by atoms with E-state index in [0.29, 0.717) is 11.3 Å². The molecule has 1 atom stereocenters. The highest BCUT2D eigenvalue weighted by molar-refractivity contribution is 9.10. The van der Waals surface area contributed by atoms with Gasteiger partial charge in [-0.3, -0.25) is 4.79 Å². The molecular weight excluding hydrogens is 523 g/mol. The third-order valence-electron chi connectivity index (χ3n) is 4.41. The Hall–Kier alpha value is -2.89. The van der Waals surface area contributed by atoms with Crippen molar-refractivity contribution in [3.05, 3.63) is 88.9 Å². The molecule has 0 saturated carbocycles. The highest BCUT2D eigenvalue weighted by atomic mass is 79.9. The minimum Gasteiger partial charge on any atom is -0.288 e. The fourth-order valence-corrected chi connectivity index (χ4v) is 4.33. The number of azo groups is 1. The van der Waals surface area contributed by atoms with Crippen LogP contribution in [-0.4, -0.2) is 26.4 Å². The van der Waals surface area contributed by atoms with Gasteiger partial charge in [-0.1, -0.05) is 52.3 Å². The summed E-state index contributed by atoms with van der Waals surface area (Å²) in [5.74, 6) is -2.18. The van der Waals surface area contributed by atoms with Crippen LogP contribution in [0.25, 0.3) is 0 Å². The molecular formula is C22H17BrF3N3O3S. The van der Waals surface area contributed by atoms with Crippen LogP contribution < -0.4 is 4.72 Å². The maximum absolute atomic E-state index is 13.1. The molecule has 0 amide bonds. The first-order valence-corrected chi connectivity index (χ1v) is 11.8. The summed E-state index contributed by atoms with van der Waals surface area (Å²) in [6.07, 6.45) is -5.66. The summed E-state index contributed by atoms with van der Waals surface area (Å²) in [5.41, 5.74) is 1.06. The molecule has 1 N–H and O–H groups in total. The van der Waals surface area contributed by atoms with Crippen molar-refractivity contribution >= 4 is 43.1 Å². The second-order valence-electron chi connectivity index (χ2n) is 6.90. The summed E-state index contributed by atoms with van der Waals surface area (Å²) in [5, 5.41) is 7.98. The molecule has 0 aromatic heterocycles. The SMILES string of the molecule is O=C(C(Cc1ccccc1)NS(=O)(=O)c1cccc(N=Nc2ccc(Br)cc2)c1)C(F)(F)F. The molecule has 0 heterocycles. The lowest BCUT2D eigenvalue weighted by Gasteiger charge is -2.19. The average Bonchev–Trinajstić information content (AvgIpc) is 2.78. The third-order valence-corrected chi connectivity index (χ3v) is 6.41. The van der Waals surface area contributed by atoms with Crippen LogP contribution in [0.3, 0.4) is 0 Å². The van der Waals surface area contributed by atoms with Crippen molar-refractivity contribution in [3.8, 4) is 0 Å². The van der Waals surface area contributed by atoms with Crippen molar-refractivity contribution < 1.29 is 26.4 Å². The Labute approximate surface area is 196 Å². The molecule has 11 heteroatoms. The molecule has 0 radical (unpaired) electrons. The van der Waals surface area contributed by atoms with Crippen LogP contribution in [0, 0.1) is 0 Å². The van der Waals surface area contributed by atoms with Gasteiger partial charge >= 0.3 is 6.18 Å². The molecule has 0 aliphatic heterocycles. The Kier molecular flexibility index (Phi) is 7.77. The number of carbonyl (C=O) groups is 1. The van der Waals surface area contributed by atoms with E-state index in [4.69, 9.17) is 0 Å². The summed E-state index contributed by atoms with van der Waals surface area (Å²) in [7, 11) is -4.47. The molecule has 0 aliphatic carbocycles. The van der Waals surface area contributed by atoms with E-state index in [1.165, 1.54) is 30.3 Å². The van der Waals surface area contributed by atoms with Gasteiger partial charge in [0.2, 0.25) is 10.0 Å². The van der Waals surface area contributed by atoms with Crippen molar-refractivity contribution in [3.63, 3.8) is 0 Å². The molecule has 0 saturated heterocycles. The number of benzene rings is 3. The molecule has 3 aromatic rings. The van der Waals surface area contributed by atoms with Crippen LogP contribution in [0.2, 0.25) is 0 Å². The zero-order chi connectivity index (χ0) is 24.1. The van der Waals surface area contributed by atoms with Gasteiger partial charge in [0.05, 0.1) is 22.3 Å². The van der Waals surface area contributed by atoms with Gasteiger partial charge in [-0.15, -0.1) is 0 Å². The number of Topliss-reactive ketones (excluding diaryl/α,β-unsaturated/α-hetero) is 1. The average molecular weight is 540 g/mol. The van der Waals surface area contributed by atoms with Gasteiger partial charge in [0, 0.05) is 4.47 Å². The second kappa shape index (κ2) is 10.4. The lowest BCUT2D eigenvalue weighted by Crippen LogP contribution is -2.47. The topological polar surface area (TPSA) is 88.0 Å². The lowest BCUT2D eigenvalue weighted by molar-refractivity contribution is -0.172. The molecule has 0 fully saturated rings. The number of halogens is 4. The van der Waals surface area contributed by atoms with Crippen molar-refractivity contribution in [2.75, 3.05) is 0 Å². The molecule has 1 unspecified atom stereocenters. The summed E-state index contributed by atoms with van der Waals surface area (Å²) in [4.78, 5) is 11.6. The van der Waals surface area contributed by atoms with Crippen LogP contribution in [0.15, 0.2) is 98.5 Å². The first kappa shape index (κ1) is 24.7. The number of carbonyl (C=O) groups excluding carboxylic acids is 1. The van der Waals surface area contributed by atoms with Crippen molar-refractivity contribution in [2.24, 2.45) is 10.2 Å². The van der Waals surface area contributed by atoms with E-state index >= 15 is 0 Å². The summed E-state index contributed by atoms with van der Waals surface area (Å²) in [6.45, 7) is 0. The fourth-order valence-electron chi connectivity index (χ4n) is 2.83. The van der Waals surface area contributed by atoms with Crippen LogP contribution >= 0.6 is 15.9 Å². The van der Waals surface area contributed by atoms with E-state index in [1.807, 2.05) is 4.72 Å². The molecule has 172 valence electrons. The second-order valence-corrected chi connectivity index (χ2v) is 9.53. The van der Waals surface area contributed by atoms with Crippen LogP contribution in [0.4, 0.5) is 24.5 Å². The molecule has 6 nitrogen and oxygen atoms in total. The quantitative estimate of drug-likeness (QED) is 0.362. The summed E-state index contributed by atoms with van der Waals surface area (Å²) >= 11 is 3.30. The zero-order valence-corrected chi connectivity index (χ0v) is 19.2. The predicted molar refractivity (Wildman–Crippen MR) is 120 cm³/mol. The van der Waals surface area contributed by atoms with Gasteiger partial charge < -0.3 is 0 Å². The van der Waals surface area contributed by atoms with Crippen molar-refractivity contribution in [1.29, 1.82) is 0 Å². The Morgan fingerprint density at radius 3 is 2.18 bits per heavy atom. The molecule has 0 spiro atoms. The lowest BCUT2D eigenvalue weighted by atomic mass is 10.0. The fraction of sp³-hybridized carbons (Fsp3) is 0.136.